The fraction of sp³-hybridized carbons (Fsp3) is 0.312. The molecular weight excluding hydrogens is 1810 g/mol. The van der Waals surface area contributed by atoms with Crippen LogP contribution in [-0.2, 0) is 22.6 Å². The number of amides is 4. The van der Waals surface area contributed by atoms with E-state index in [-0.39, 0.29) is 94.8 Å². The van der Waals surface area contributed by atoms with Crippen molar-refractivity contribution in [3.8, 4) is 44.8 Å². The molecule has 134 heavy (non-hydrogen) atoms. The van der Waals surface area contributed by atoms with E-state index in [0.717, 1.165) is 112 Å². The number of aromatic nitrogens is 10. The Hall–Kier alpha value is -13.4. The van der Waals surface area contributed by atoms with Crippen LogP contribution in [0.2, 0.25) is 0 Å². The molecule has 4 fully saturated rings. The third-order valence-corrected chi connectivity index (χ3v) is 23.9. The number of anilines is 4. The highest BCUT2D eigenvalue weighted by Gasteiger charge is 2.33. The molecule has 2 saturated carbocycles. The smallest absolute Gasteiger partial charge is 0.263 e. The van der Waals surface area contributed by atoms with E-state index in [1.54, 1.807) is 61.3 Å². The predicted octanol–water partition coefficient (Wildman–Crippen LogP) is 15.1. The maximum absolute atomic E-state index is 15.0. The van der Waals surface area contributed by atoms with Gasteiger partial charge < -0.3 is 74.7 Å². The van der Waals surface area contributed by atoms with E-state index in [0.29, 0.717) is 116 Å². The Balaban J connectivity index is 0.000000152. The molecule has 2 aliphatic heterocycles. The zero-order chi connectivity index (χ0) is 95.4. The quantitative estimate of drug-likeness (QED) is 0.0265. The van der Waals surface area contributed by atoms with Crippen molar-refractivity contribution in [1.29, 1.82) is 0 Å². The van der Waals surface area contributed by atoms with Gasteiger partial charge in [0.25, 0.3) is 30.1 Å². The number of carbonyl (C=O) groups excluding carboxylic acids is 4. The zero-order valence-electron chi connectivity index (χ0n) is 72.4. The summed E-state index contributed by atoms with van der Waals surface area (Å²) >= 11 is 3.20. The highest BCUT2D eigenvalue weighted by molar-refractivity contribution is 9.10. The Morgan fingerprint density at radius 2 is 0.933 bits per heavy atom. The van der Waals surface area contributed by atoms with Gasteiger partial charge in [-0.3, -0.25) is 19.2 Å². The largest absolute Gasteiger partial charge is 0.394 e. The number of nitrogen functional groups attached to an aromatic ring is 4. The van der Waals surface area contributed by atoms with Gasteiger partial charge in [-0.05, 0) is 238 Å². The number of aliphatic hydroxyl groups excluding tert-OH is 3. The molecule has 0 radical (unpaired) electrons. The summed E-state index contributed by atoms with van der Waals surface area (Å²) in [5.41, 5.74) is 37.3. The van der Waals surface area contributed by atoms with Gasteiger partial charge in [0.2, 0.25) is 0 Å². The van der Waals surface area contributed by atoms with Crippen LogP contribution in [0.5, 0.6) is 0 Å². The molecule has 4 aliphatic rings. The lowest BCUT2D eigenvalue weighted by atomic mass is 9.84. The standard InChI is InChI=1S/C26H26F4N4O3.C25H25BrF3N5O2.C23H24FN5O2.C22H22FN5O2/c27-17-8-15(7-16(9-17)24(29)30)22(12-35)34-26(37)19-6-3-14(10-20(19)28)23-25(31)32-11-21(33-23)13-1-4-18(36)5-2-13;26-15-5-14(6-16(27)9-15)20(10-30)34-25(36)17-3-1-13(8-18(17)28)23-24(31)32-11-21(33-23)12-2-4-22(35)19(29)7-12;1-14-4-7-26-21(29-14)13-28-23(30)18-3-2-16(11-20(18)24)19-10-17(12-27-22(19)25)15-5-8-31-9-6-15;23-20-10-16(1-2-18(20)22(29)26-11-14-3-6-27-28-12-14)19-9-17(13-25-21(19)24)15-4-7-30-8-5-15/h3,6-11,13,18,22,24,35-36H,1-2,4-5,12H2,(H2,31,32)(H,34,37);1,3,5-6,8-9,11-12,19-20,22,35H,2,4,7,10,30H2,(H2,31,32)(H,34,36);2-4,7,10-12,15H,5-6,8-9,13H2,1H3,(H2,25,27)(H,28,30);1-3,6,9-10,12-13,15H,4-5,7-8,11H2,(H2,24,25)(H,26,29)/t13?,18?,22-;12-,19-,20-,22-;;/m11../s1. The monoisotopic (exact) mass is 1910 g/mol. The SMILES string of the molecule is Cc1ccnc(CNC(=O)c2ccc(-c3cc(C4CCOCC4)cnc3N)cc2F)n1.NC[C@@H](NC(=O)c1ccc(-c2nc([C@@H]3CC[C@@H](O)[C@H](F)C3)cnc2N)cc1F)c1cc(F)cc(Br)c1.Nc1ncc(C2CCC(O)CC2)nc1-c1ccc(C(=O)N[C@H](CO)c2cc(F)cc(C(F)F)c2)c(F)c1.Nc1ncc(C2CCOCC2)cc1-c1ccc(C(=O)NCc2ccnnc2)c(F)c1. The first-order valence-corrected chi connectivity index (χ1v) is 43.9. The number of nitrogens with zero attached hydrogens (tertiary/aromatic N) is 10. The van der Waals surface area contributed by atoms with Crippen molar-refractivity contribution in [2.45, 2.75) is 151 Å². The first-order valence-electron chi connectivity index (χ1n) is 43.1. The Labute approximate surface area is 772 Å². The van der Waals surface area contributed by atoms with Crippen LogP contribution in [0.25, 0.3) is 44.8 Å². The van der Waals surface area contributed by atoms with Crippen molar-refractivity contribution < 1.29 is 83.5 Å². The van der Waals surface area contributed by atoms with Crippen molar-refractivity contribution in [2.75, 3.05) is 62.5 Å². The van der Waals surface area contributed by atoms with Gasteiger partial charge in [-0.25, -0.2) is 79.4 Å². The first kappa shape index (κ1) is 98.1. The molecule has 0 unspecified atom stereocenters. The molecular formula is C96H97BrF9N19O9. The Bertz CT molecular complexity index is 6150. The summed E-state index contributed by atoms with van der Waals surface area (Å²) in [6, 6.07) is 28.7. The number of hydrogen-bond acceptors (Lipinski definition) is 24. The van der Waals surface area contributed by atoms with Gasteiger partial charge >= 0.3 is 0 Å². The van der Waals surface area contributed by atoms with E-state index in [9.17, 15) is 65.2 Å². The molecule has 0 bridgehead atoms. The number of aryl methyl sites for hydroxylation is 1. The number of pyridine rings is 2. The summed E-state index contributed by atoms with van der Waals surface area (Å²) in [5.74, 6) is -5.33. The third-order valence-electron chi connectivity index (χ3n) is 23.5. The average molecular weight is 1910 g/mol. The van der Waals surface area contributed by atoms with Crippen LogP contribution >= 0.6 is 15.9 Å². The fourth-order valence-electron chi connectivity index (χ4n) is 16.0. The molecule has 2 aliphatic carbocycles. The van der Waals surface area contributed by atoms with Gasteiger partial charge in [-0.2, -0.15) is 10.2 Å². The first-order chi connectivity index (χ1) is 64.4. The summed E-state index contributed by atoms with van der Waals surface area (Å²) < 4.78 is 139. The van der Waals surface area contributed by atoms with Crippen molar-refractivity contribution >= 4 is 62.8 Å². The predicted molar refractivity (Wildman–Crippen MR) is 485 cm³/mol. The van der Waals surface area contributed by atoms with E-state index >= 15 is 8.78 Å². The molecule has 700 valence electrons. The maximum atomic E-state index is 15.0. The minimum atomic E-state index is -2.95. The minimum Gasteiger partial charge on any atom is -0.394 e. The zero-order valence-corrected chi connectivity index (χ0v) is 74.0. The van der Waals surface area contributed by atoms with Crippen LogP contribution in [0.15, 0.2) is 181 Å². The lowest BCUT2D eigenvalue weighted by molar-refractivity contribution is 0.0363. The number of ether oxygens (including phenoxy) is 2. The Morgan fingerprint density at radius 1 is 0.470 bits per heavy atom. The second-order valence-corrected chi connectivity index (χ2v) is 33.5. The topological polar surface area (TPSA) is 455 Å². The Morgan fingerprint density at radius 3 is 1.41 bits per heavy atom. The van der Waals surface area contributed by atoms with Crippen LogP contribution in [0, 0.1) is 41.8 Å². The summed E-state index contributed by atoms with van der Waals surface area (Å²) in [6.07, 6.45) is 13.1. The van der Waals surface area contributed by atoms with Gasteiger partial charge in [-0.1, -0.05) is 40.2 Å². The van der Waals surface area contributed by atoms with Crippen LogP contribution in [0.1, 0.15) is 211 Å². The van der Waals surface area contributed by atoms with Gasteiger partial charge in [0.15, 0.2) is 0 Å². The maximum Gasteiger partial charge on any atom is 0.263 e. The van der Waals surface area contributed by atoms with Gasteiger partial charge in [-0.15, -0.1) is 0 Å². The number of hydrogen-bond donors (Lipinski definition) is 12. The number of halogens is 10. The minimum absolute atomic E-state index is 0.0296. The molecule has 2 saturated heterocycles. The fourth-order valence-corrected chi connectivity index (χ4v) is 16.5. The van der Waals surface area contributed by atoms with Crippen molar-refractivity contribution in [1.82, 2.24) is 71.3 Å². The number of carbonyl (C=O) groups is 4. The van der Waals surface area contributed by atoms with Crippen molar-refractivity contribution in [3.63, 3.8) is 0 Å². The number of aliphatic hydroxyl groups is 3. The molecule has 5 atom stereocenters. The van der Waals surface area contributed by atoms with E-state index in [4.69, 9.17) is 38.1 Å². The Kier molecular flexibility index (Phi) is 33.6. The second kappa shape index (κ2) is 45.8. The lowest BCUT2D eigenvalue weighted by Gasteiger charge is -2.28. The molecule has 12 aromatic rings. The second-order valence-electron chi connectivity index (χ2n) is 32.6. The van der Waals surface area contributed by atoms with E-state index in [2.05, 4.69) is 87.3 Å². The molecule has 38 heteroatoms. The molecule has 6 aromatic carbocycles. The van der Waals surface area contributed by atoms with E-state index in [1.807, 2.05) is 19.1 Å². The van der Waals surface area contributed by atoms with Crippen LogP contribution in [-0.4, -0.2) is 147 Å². The highest BCUT2D eigenvalue weighted by Crippen LogP contribution is 2.40. The number of benzene rings is 6. The lowest BCUT2D eigenvalue weighted by Crippen LogP contribution is -2.34. The third kappa shape index (κ3) is 25.5. The number of nitrogens with one attached hydrogen (secondary N) is 4. The van der Waals surface area contributed by atoms with Gasteiger partial charge in [0, 0.05) is 114 Å². The molecule has 16 rings (SSSR count). The summed E-state index contributed by atoms with van der Waals surface area (Å²) in [4.78, 5) is 84.7. The average Bonchev–Trinajstić information content (AvgIpc) is 0.812. The van der Waals surface area contributed by atoms with Crippen LogP contribution in [0.4, 0.5) is 62.8 Å². The normalized spacial score (nSPS) is 17.2. The van der Waals surface area contributed by atoms with Crippen molar-refractivity contribution in [2.24, 2.45) is 5.73 Å². The van der Waals surface area contributed by atoms with Crippen LogP contribution < -0.4 is 49.9 Å². The number of nitrogens with two attached hydrogens (primary N) is 5. The van der Waals surface area contributed by atoms with E-state index in [1.165, 1.54) is 73.1 Å². The number of rotatable bonds is 23. The van der Waals surface area contributed by atoms with Crippen LogP contribution in [0.3, 0.4) is 0 Å². The number of alkyl halides is 3. The molecule has 6 aromatic heterocycles. The summed E-state index contributed by atoms with van der Waals surface area (Å²) in [5, 5.41) is 46.8. The summed E-state index contributed by atoms with van der Waals surface area (Å²) in [7, 11) is 0. The highest BCUT2D eigenvalue weighted by atomic mass is 79.9. The molecule has 0 spiro atoms. The molecule has 28 nitrogen and oxygen atoms in total. The van der Waals surface area contributed by atoms with Gasteiger partial charge in [0.1, 0.15) is 81.6 Å². The summed E-state index contributed by atoms with van der Waals surface area (Å²) in [6.45, 7) is 4.31. The van der Waals surface area contributed by atoms with Crippen molar-refractivity contribution in [3.05, 3.63) is 295 Å². The van der Waals surface area contributed by atoms with Gasteiger partial charge in [0.05, 0.1) is 89.7 Å². The molecule has 8 heterocycles. The molecule has 17 N–H and O–H groups in total. The molecule has 4 amide bonds. The van der Waals surface area contributed by atoms with E-state index < -0.39 is 101 Å².